The average molecular weight is 468 g/mol. The molecule has 32 heavy (non-hydrogen) atoms. The fourth-order valence-electron chi connectivity index (χ4n) is 3.36. The van der Waals surface area contributed by atoms with Crippen molar-refractivity contribution in [3.63, 3.8) is 0 Å². The molecule has 7 nitrogen and oxygen atoms in total. The van der Waals surface area contributed by atoms with Crippen molar-refractivity contribution in [1.82, 2.24) is 14.3 Å². The van der Waals surface area contributed by atoms with Crippen LogP contribution in [-0.4, -0.2) is 37.7 Å². The number of carbonyl (C=O) groups is 1. The number of methoxy groups -OCH3 is 1. The number of hydrogen-bond donors (Lipinski definition) is 0. The van der Waals surface area contributed by atoms with E-state index in [4.69, 9.17) is 21.7 Å². The first-order valence-electron chi connectivity index (χ1n) is 9.91. The van der Waals surface area contributed by atoms with Crippen LogP contribution in [0.15, 0.2) is 52.3 Å². The highest BCUT2D eigenvalue weighted by Crippen LogP contribution is 2.36. The summed E-state index contributed by atoms with van der Waals surface area (Å²) >= 11 is 6.52. The largest absolute Gasteiger partial charge is 0.493 e. The summed E-state index contributed by atoms with van der Waals surface area (Å²) in [6.45, 7) is 5.64. The van der Waals surface area contributed by atoms with Gasteiger partial charge in [-0.3, -0.25) is 18.9 Å². The number of para-hydroxylation sites is 2. The summed E-state index contributed by atoms with van der Waals surface area (Å²) < 4.78 is 13.3. The number of amides is 1. The number of fused-ring (bicyclic) bond motifs is 1. The zero-order chi connectivity index (χ0) is 23.0. The minimum atomic E-state index is -0.349. The second-order valence-electron chi connectivity index (χ2n) is 7.42. The highest BCUT2D eigenvalue weighted by Gasteiger charge is 2.34. The molecular weight excluding hydrogens is 446 g/mol. The van der Waals surface area contributed by atoms with E-state index in [1.165, 1.54) is 22.5 Å². The molecule has 4 rings (SSSR count). The molecule has 9 heteroatoms. The summed E-state index contributed by atoms with van der Waals surface area (Å²) in [6.07, 6.45) is 3.15. The second kappa shape index (κ2) is 8.76. The molecule has 0 spiro atoms. The normalized spacial score (nSPS) is 15.3. The molecule has 1 aromatic carbocycles. The van der Waals surface area contributed by atoms with Gasteiger partial charge in [-0.2, -0.15) is 4.98 Å². The molecule has 1 saturated heterocycles. The lowest BCUT2D eigenvalue weighted by Gasteiger charge is -2.18. The summed E-state index contributed by atoms with van der Waals surface area (Å²) in [5.41, 5.74) is 1.09. The van der Waals surface area contributed by atoms with Crippen LogP contribution in [0.2, 0.25) is 0 Å². The summed E-state index contributed by atoms with van der Waals surface area (Å²) in [6, 6.07) is 10.6. The number of aryl methyl sites for hydroxylation is 1. The highest BCUT2D eigenvalue weighted by atomic mass is 32.2. The van der Waals surface area contributed by atoms with Crippen molar-refractivity contribution in [3.8, 4) is 17.4 Å². The number of pyridine rings is 1. The van der Waals surface area contributed by atoms with Crippen LogP contribution in [0.5, 0.6) is 17.4 Å². The van der Waals surface area contributed by atoms with Crippen LogP contribution in [0.25, 0.3) is 11.7 Å². The molecule has 0 radical (unpaired) electrons. The molecule has 1 aliphatic heterocycles. The van der Waals surface area contributed by atoms with Gasteiger partial charge in [0.1, 0.15) is 15.5 Å². The minimum absolute atomic E-state index is 0.0867. The number of thioether (sulfide) groups is 1. The molecule has 2 aromatic heterocycles. The third-order valence-corrected chi connectivity index (χ3v) is 6.27. The van der Waals surface area contributed by atoms with Gasteiger partial charge in [-0.05, 0) is 50.6 Å². The Kier molecular flexibility index (Phi) is 6.03. The zero-order valence-corrected chi connectivity index (χ0v) is 19.6. The van der Waals surface area contributed by atoms with E-state index >= 15 is 0 Å². The molecule has 0 N–H and O–H groups in total. The van der Waals surface area contributed by atoms with Crippen LogP contribution >= 0.6 is 24.0 Å². The molecule has 3 heterocycles. The quantitative estimate of drug-likeness (QED) is 0.406. The number of rotatable bonds is 5. The number of hydrogen-bond acceptors (Lipinski definition) is 7. The molecule has 0 aliphatic carbocycles. The maximum atomic E-state index is 13.4. The van der Waals surface area contributed by atoms with Crippen molar-refractivity contribution < 1.29 is 14.3 Å². The number of aromatic nitrogens is 2. The van der Waals surface area contributed by atoms with Crippen molar-refractivity contribution >= 4 is 45.9 Å². The highest BCUT2D eigenvalue weighted by molar-refractivity contribution is 8.26. The Bertz CT molecular complexity index is 1330. The van der Waals surface area contributed by atoms with Crippen molar-refractivity contribution in [3.05, 3.63) is 69.0 Å². The maximum Gasteiger partial charge on any atom is 0.269 e. The van der Waals surface area contributed by atoms with E-state index in [0.717, 1.165) is 17.3 Å². The van der Waals surface area contributed by atoms with E-state index in [2.05, 4.69) is 4.98 Å². The predicted molar refractivity (Wildman–Crippen MR) is 129 cm³/mol. The predicted octanol–water partition coefficient (Wildman–Crippen LogP) is 4.41. The fraction of sp³-hybridized carbons (Fsp3) is 0.217. The summed E-state index contributed by atoms with van der Waals surface area (Å²) in [4.78, 5) is 32.9. The molecule has 0 atom stereocenters. The molecular formula is C23H21N3O4S2. The zero-order valence-electron chi connectivity index (χ0n) is 18.0. The van der Waals surface area contributed by atoms with E-state index in [-0.39, 0.29) is 29.0 Å². The van der Waals surface area contributed by atoms with E-state index in [0.29, 0.717) is 26.4 Å². The molecule has 1 aliphatic rings. The number of carbonyl (C=O) groups excluding carboxylic acids is 1. The average Bonchev–Trinajstić information content (AvgIpc) is 3.05. The van der Waals surface area contributed by atoms with Crippen LogP contribution in [0.4, 0.5) is 0 Å². The summed E-state index contributed by atoms with van der Waals surface area (Å²) in [7, 11) is 1.53. The molecule has 1 fully saturated rings. The van der Waals surface area contributed by atoms with Gasteiger partial charge in [0.2, 0.25) is 5.88 Å². The van der Waals surface area contributed by atoms with Gasteiger partial charge in [-0.15, -0.1) is 0 Å². The molecule has 0 bridgehead atoms. The number of benzene rings is 1. The lowest BCUT2D eigenvalue weighted by molar-refractivity contribution is -0.123. The second-order valence-corrected chi connectivity index (χ2v) is 9.09. The molecule has 3 aromatic rings. The minimum Gasteiger partial charge on any atom is -0.493 e. The van der Waals surface area contributed by atoms with Gasteiger partial charge in [0.15, 0.2) is 11.5 Å². The van der Waals surface area contributed by atoms with Gasteiger partial charge < -0.3 is 9.47 Å². The molecule has 0 saturated carbocycles. The SMILES string of the molecule is COc1ccccc1Oc1nc2c(C)cccn2c(=O)c1/C=C1\SC(=S)N(C(C)C)C1=O. The van der Waals surface area contributed by atoms with Crippen molar-refractivity contribution in [1.29, 1.82) is 0 Å². The van der Waals surface area contributed by atoms with Crippen LogP contribution in [-0.2, 0) is 4.79 Å². The standard InChI is InChI=1S/C23H21N3O4S2/c1-13(2)26-22(28)18(32-23(26)31)12-15-20(30-17-10-6-5-9-16(17)29-4)24-19-14(3)8-7-11-25(19)21(15)27/h5-13H,1-4H3/b18-12-. The van der Waals surface area contributed by atoms with E-state index in [1.54, 1.807) is 30.5 Å². The topological polar surface area (TPSA) is 73.1 Å². The van der Waals surface area contributed by atoms with E-state index in [1.807, 2.05) is 32.9 Å². The van der Waals surface area contributed by atoms with Crippen LogP contribution in [0.1, 0.15) is 25.0 Å². The summed E-state index contributed by atoms with van der Waals surface area (Å²) in [5, 5.41) is 0. The smallest absolute Gasteiger partial charge is 0.269 e. The number of thiocarbonyl (C=S) groups is 1. The van der Waals surface area contributed by atoms with Gasteiger partial charge in [0.25, 0.3) is 11.5 Å². The van der Waals surface area contributed by atoms with Gasteiger partial charge in [-0.1, -0.05) is 42.2 Å². The Balaban J connectivity index is 1.92. The number of nitrogens with zero attached hydrogens (tertiary/aromatic N) is 3. The molecule has 164 valence electrons. The van der Waals surface area contributed by atoms with Crippen molar-refractivity contribution in [2.45, 2.75) is 26.8 Å². The Labute approximate surface area is 194 Å². The van der Waals surface area contributed by atoms with Crippen LogP contribution < -0.4 is 15.0 Å². The monoisotopic (exact) mass is 467 g/mol. The lowest BCUT2D eigenvalue weighted by atomic mass is 10.2. The van der Waals surface area contributed by atoms with Gasteiger partial charge in [-0.25, -0.2) is 0 Å². The van der Waals surface area contributed by atoms with Crippen LogP contribution in [0.3, 0.4) is 0 Å². The third kappa shape index (κ3) is 3.89. The van der Waals surface area contributed by atoms with Gasteiger partial charge >= 0.3 is 0 Å². The molecule has 1 amide bonds. The van der Waals surface area contributed by atoms with E-state index < -0.39 is 0 Å². The first kappa shape index (κ1) is 22.0. The maximum absolute atomic E-state index is 13.4. The van der Waals surface area contributed by atoms with E-state index in [9.17, 15) is 9.59 Å². The summed E-state index contributed by atoms with van der Waals surface area (Å²) in [5.74, 6) is 0.746. The van der Waals surface area contributed by atoms with Crippen LogP contribution in [0, 0.1) is 6.92 Å². The number of ether oxygens (including phenoxy) is 2. The lowest BCUT2D eigenvalue weighted by Crippen LogP contribution is -2.34. The van der Waals surface area contributed by atoms with Crippen molar-refractivity contribution in [2.24, 2.45) is 0 Å². The Morgan fingerprint density at radius 2 is 1.84 bits per heavy atom. The first-order valence-corrected chi connectivity index (χ1v) is 11.1. The van der Waals surface area contributed by atoms with Gasteiger partial charge in [0.05, 0.1) is 12.0 Å². The molecule has 0 unspecified atom stereocenters. The third-order valence-electron chi connectivity index (χ3n) is 4.94. The Morgan fingerprint density at radius 1 is 1.12 bits per heavy atom. The van der Waals surface area contributed by atoms with Gasteiger partial charge in [0, 0.05) is 12.2 Å². The Morgan fingerprint density at radius 3 is 2.50 bits per heavy atom. The van der Waals surface area contributed by atoms with Crippen molar-refractivity contribution in [2.75, 3.05) is 7.11 Å². The fourth-order valence-corrected chi connectivity index (χ4v) is 4.86. The Hall–Kier alpha value is -3.17. The first-order chi connectivity index (χ1) is 15.3.